The molecule has 0 spiro atoms. The quantitative estimate of drug-likeness (QED) is 0.698. The van der Waals surface area contributed by atoms with Gasteiger partial charge < -0.3 is 5.11 Å². The first-order chi connectivity index (χ1) is 6.12. The number of rotatable bonds is 2. The van der Waals surface area contributed by atoms with Gasteiger partial charge in [-0.05, 0) is 31.4 Å². The summed E-state index contributed by atoms with van der Waals surface area (Å²) in [5.41, 5.74) is 0.920. The van der Waals surface area contributed by atoms with Gasteiger partial charge in [0.1, 0.15) is 0 Å². The minimum absolute atomic E-state index is 0.0473. The van der Waals surface area contributed by atoms with Crippen LogP contribution in [0.25, 0.3) is 0 Å². The lowest BCUT2D eigenvalue weighted by molar-refractivity contribution is 0.101. The maximum atomic E-state index is 11.1. The van der Waals surface area contributed by atoms with E-state index in [0.29, 0.717) is 5.56 Å². The van der Waals surface area contributed by atoms with Crippen molar-refractivity contribution in [2.24, 2.45) is 0 Å². The molecule has 68 valence electrons. The minimum atomic E-state index is -0.633. The Morgan fingerprint density at radius 2 is 2.15 bits per heavy atom. The minimum Gasteiger partial charge on any atom is -0.385 e. The van der Waals surface area contributed by atoms with Gasteiger partial charge in [0.15, 0.2) is 5.78 Å². The van der Waals surface area contributed by atoms with Crippen LogP contribution >= 0.6 is 0 Å². The van der Waals surface area contributed by atoms with Gasteiger partial charge in [0.05, 0.1) is 5.60 Å². The molecule has 0 aromatic heterocycles. The van der Waals surface area contributed by atoms with Gasteiger partial charge in [-0.25, -0.2) is 0 Å². The number of hydrogen-bond donors (Lipinski definition) is 1. The van der Waals surface area contributed by atoms with E-state index in [0.717, 1.165) is 18.4 Å². The second-order valence-corrected chi connectivity index (χ2v) is 3.67. The summed E-state index contributed by atoms with van der Waals surface area (Å²) in [6, 6.07) is 7.26. The van der Waals surface area contributed by atoms with Crippen molar-refractivity contribution >= 4 is 5.78 Å². The average molecular weight is 176 g/mol. The van der Waals surface area contributed by atoms with Crippen molar-refractivity contribution in [3.63, 3.8) is 0 Å². The molecule has 13 heavy (non-hydrogen) atoms. The molecule has 0 radical (unpaired) electrons. The Morgan fingerprint density at radius 1 is 1.46 bits per heavy atom. The molecular weight excluding hydrogens is 164 g/mol. The Morgan fingerprint density at radius 3 is 2.69 bits per heavy atom. The lowest BCUT2D eigenvalue weighted by Gasteiger charge is -2.08. The molecule has 1 aromatic carbocycles. The van der Waals surface area contributed by atoms with Crippen molar-refractivity contribution in [2.75, 3.05) is 0 Å². The molecule has 2 nitrogen and oxygen atoms in total. The SMILES string of the molecule is CC(=O)c1cccc(C2(O)CC2)c1. The first kappa shape index (κ1) is 8.45. The zero-order valence-electron chi connectivity index (χ0n) is 7.58. The lowest BCUT2D eigenvalue weighted by Crippen LogP contribution is -2.05. The Hall–Kier alpha value is -1.15. The van der Waals surface area contributed by atoms with E-state index >= 15 is 0 Å². The Bertz CT molecular complexity index is 351. The van der Waals surface area contributed by atoms with Crippen LogP contribution in [0.1, 0.15) is 35.7 Å². The van der Waals surface area contributed by atoms with Gasteiger partial charge in [-0.1, -0.05) is 18.2 Å². The highest BCUT2D eigenvalue weighted by Gasteiger charge is 2.42. The van der Waals surface area contributed by atoms with Crippen LogP contribution < -0.4 is 0 Å². The molecule has 0 atom stereocenters. The van der Waals surface area contributed by atoms with Gasteiger partial charge in [0, 0.05) is 5.56 Å². The number of carbonyl (C=O) groups is 1. The van der Waals surface area contributed by atoms with Crippen LogP contribution in [-0.2, 0) is 5.60 Å². The molecule has 1 aliphatic rings. The van der Waals surface area contributed by atoms with Gasteiger partial charge in [-0.2, -0.15) is 0 Å². The van der Waals surface area contributed by atoms with Crippen LogP contribution in [0.2, 0.25) is 0 Å². The summed E-state index contributed by atoms with van der Waals surface area (Å²) in [7, 11) is 0. The van der Waals surface area contributed by atoms with E-state index in [4.69, 9.17) is 0 Å². The number of hydrogen-bond acceptors (Lipinski definition) is 2. The van der Waals surface area contributed by atoms with Crippen molar-refractivity contribution in [3.8, 4) is 0 Å². The largest absolute Gasteiger partial charge is 0.385 e. The predicted octanol–water partition coefficient (Wildman–Crippen LogP) is 1.87. The maximum absolute atomic E-state index is 11.1. The number of aliphatic hydroxyl groups is 1. The highest BCUT2D eigenvalue weighted by atomic mass is 16.3. The fraction of sp³-hybridized carbons (Fsp3) is 0.364. The summed E-state index contributed by atoms with van der Waals surface area (Å²) in [5, 5.41) is 9.80. The summed E-state index contributed by atoms with van der Waals surface area (Å²) >= 11 is 0. The van der Waals surface area contributed by atoms with E-state index in [1.807, 2.05) is 12.1 Å². The topological polar surface area (TPSA) is 37.3 Å². The van der Waals surface area contributed by atoms with Crippen LogP contribution in [0.3, 0.4) is 0 Å². The third-order valence-electron chi connectivity index (χ3n) is 2.53. The van der Waals surface area contributed by atoms with E-state index in [-0.39, 0.29) is 5.78 Å². The number of Topliss-reactive ketones (excluding diaryl/α,β-unsaturated/α-hetero) is 1. The first-order valence-electron chi connectivity index (χ1n) is 4.46. The smallest absolute Gasteiger partial charge is 0.159 e. The predicted molar refractivity (Wildman–Crippen MR) is 49.6 cm³/mol. The summed E-state index contributed by atoms with van der Waals surface area (Å²) in [4.78, 5) is 11.1. The molecular formula is C11H12O2. The van der Waals surface area contributed by atoms with E-state index in [1.54, 1.807) is 12.1 Å². The Balaban J connectivity index is 2.38. The molecule has 0 saturated heterocycles. The Kier molecular flexibility index (Phi) is 1.74. The zero-order chi connectivity index (χ0) is 9.47. The average Bonchev–Trinajstić information content (AvgIpc) is 2.85. The monoisotopic (exact) mass is 176 g/mol. The van der Waals surface area contributed by atoms with Crippen LogP contribution in [0.5, 0.6) is 0 Å². The number of carbonyl (C=O) groups excluding carboxylic acids is 1. The summed E-state index contributed by atoms with van der Waals surface area (Å²) in [6.45, 7) is 1.54. The molecule has 0 heterocycles. The van der Waals surface area contributed by atoms with E-state index in [1.165, 1.54) is 6.92 Å². The first-order valence-corrected chi connectivity index (χ1v) is 4.46. The van der Waals surface area contributed by atoms with E-state index in [2.05, 4.69) is 0 Å². The van der Waals surface area contributed by atoms with Crippen molar-refractivity contribution < 1.29 is 9.90 Å². The van der Waals surface area contributed by atoms with Crippen molar-refractivity contribution in [1.29, 1.82) is 0 Å². The molecule has 1 fully saturated rings. The molecule has 1 saturated carbocycles. The van der Waals surface area contributed by atoms with Crippen molar-refractivity contribution in [2.45, 2.75) is 25.4 Å². The molecule has 0 unspecified atom stereocenters. The summed E-state index contributed by atoms with van der Waals surface area (Å²) < 4.78 is 0. The van der Waals surface area contributed by atoms with Gasteiger partial charge in [-0.15, -0.1) is 0 Å². The molecule has 2 heteroatoms. The molecule has 0 amide bonds. The maximum Gasteiger partial charge on any atom is 0.159 e. The highest BCUT2D eigenvalue weighted by Crippen LogP contribution is 2.45. The fourth-order valence-corrected chi connectivity index (χ4v) is 1.43. The molecule has 2 rings (SSSR count). The molecule has 0 bridgehead atoms. The molecule has 1 aromatic rings. The second-order valence-electron chi connectivity index (χ2n) is 3.67. The summed E-state index contributed by atoms with van der Waals surface area (Å²) in [6.07, 6.45) is 1.63. The zero-order valence-corrected chi connectivity index (χ0v) is 7.58. The van der Waals surface area contributed by atoms with Crippen molar-refractivity contribution in [1.82, 2.24) is 0 Å². The van der Waals surface area contributed by atoms with Crippen LogP contribution in [0, 0.1) is 0 Å². The summed E-state index contributed by atoms with van der Waals surface area (Å²) in [5.74, 6) is 0.0473. The van der Waals surface area contributed by atoms with Crippen LogP contribution in [-0.4, -0.2) is 10.9 Å². The van der Waals surface area contributed by atoms with E-state index < -0.39 is 5.60 Å². The van der Waals surface area contributed by atoms with E-state index in [9.17, 15) is 9.90 Å². The third kappa shape index (κ3) is 1.49. The van der Waals surface area contributed by atoms with Gasteiger partial charge in [0.25, 0.3) is 0 Å². The number of benzene rings is 1. The van der Waals surface area contributed by atoms with Gasteiger partial charge in [0.2, 0.25) is 0 Å². The van der Waals surface area contributed by atoms with Gasteiger partial charge >= 0.3 is 0 Å². The number of ketones is 1. The molecule has 0 aliphatic heterocycles. The molecule has 1 aliphatic carbocycles. The van der Waals surface area contributed by atoms with Crippen LogP contribution in [0.4, 0.5) is 0 Å². The van der Waals surface area contributed by atoms with Crippen molar-refractivity contribution in [3.05, 3.63) is 35.4 Å². The normalized spacial score (nSPS) is 18.3. The second kappa shape index (κ2) is 2.67. The molecule has 1 N–H and O–H groups in total. The highest BCUT2D eigenvalue weighted by molar-refractivity contribution is 5.94. The Labute approximate surface area is 77.2 Å². The fourth-order valence-electron chi connectivity index (χ4n) is 1.43. The standard InChI is InChI=1S/C11H12O2/c1-8(12)9-3-2-4-10(7-9)11(13)5-6-11/h2-4,7,13H,5-6H2,1H3. The third-order valence-corrected chi connectivity index (χ3v) is 2.53. The lowest BCUT2D eigenvalue weighted by atomic mass is 10.0. The van der Waals surface area contributed by atoms with Crippen LogP contribution in [0.15, 0.2) is 24.3 Å². The van der Waals surface area contributed by atoms with Gasteiger partial charge in [-0.3, -0.25) is 4.79 Å².